The fraction of sp³-hybridized carbons (Fsp3) is 0.429. The van der Waals surface area contributed by atoms with E-state index in [1.165, 1.54) is 18.7 Å². The van der Waals surface area contributed by atoms with Gasteiger partial charge in [-0.05, 0) is 12.7 Å². The molecule has 0 saturated carbocycles. The van der Waals surface area contributed by atoms with Crippen LogP contribution in [0.15, 0.2) is 10.5 Å². The first kappa shape index (κ1) is 11.0. The largest absolute Gasteiger partial charge is 0.477 e. The Morgan fingerprint density at radius 1 is 1.25 bits per heavy atom. The van der Waals surface area contributed by atoms with Gasteiger partial charge in [-0.2, -0.15) is 0 Å². The number of hydrogen-bond acceptors (Lipinski definition) is 3. The molecule has 12 heavy (non-hydrogen) atoms. The molecule has 0 aromatic carbocycles. The monoisotopic (exact) mass is 190 g/mol. The van der Waals surface area contributed by atoms with Gasteiger partial charge in [0.25, 0.3) is 0 Å². The van der Waals surface area contributed by atoms with Crippen molar-refractivity contribution in [1.29, 1.82) is 0 Å². The quantitative estimate of drug-likeness (QED) is 0.395. The molecule has 0 radical (unpaired) electrons. The van der Waals surface area contributed by atoms with Crippen LogP contribution in [-0.4, -0.2) is 27.9 Å². The molecule has 5 heteroatoms. The summed E-state index contributed by atoms with van der Waals surface area (Å²) in [5.74, 6) is -2.11. The molecule has 0 saturated heterocycles. The molecule has 0 unspecified atom stereocenters. The topological polar surface area (TPSA) is 74.6 Å². The third-order valence-corrected chi connectivity index (χ3v) is 2.07. The van der Waals surface area contributed by atoms with Gasteiger partial charge in [0.2, 0.25) is 0 Å². The highest BCUT2D eigenvalue weighted by molar-refractivity contribution is 8.03. The first-order valence-electron chi connectivity index (χ1n) is 3.31. The van der Waals surface area contributed by atoms with Crippen molar-refractivity contribution >= 4 is 23.7 Å². The maximum absolute atomic E-state index is 10.4. The first-order valence-corrected chi connectivity index (χ1v) is 4.29. The second-order valence-electron chi connectivity index (χ2n) is 1.97. The van der Waals surface area contributed by atoms with Gasteiger partial charge in [-0.15, -0.1) is 11.8 Å². The van der Waals surface area contributed by atoms with E-state index in [0.717, 1.165) is 0 Å². The van der Waals surface area contributed by atoms with E-state index in [-0.39, 0.29) is 0 Å². The third kappa shape index (κ3) is 2.96. The summed E-state index contributed by atoms with van der Waals surface area (Å²) >= 11 is 1.21. The van der Waals surface area contributed by atoms with Gasteiger partial charge in [-0.25, -0.2) is 9.59 Å². The van der Waals surface area contributed by atoms with Gasteiger partial charge in [-0.3, -0.25) is 0 Å². The Bertz CT molecular complexity index is 216. The van der Waals surface area contributed by atoms with Gasteiger partial charge in [0.1, 0.15) is 0 Å². The van der Waals surface area contributed by atoms with E-state index in [4.69, 9.17) is 10.2 Å². The van der Waals surface area contributed by atoms with Gasteiger partial charge in [0, 0.05) is 4.91 Å². The summed E-state index contributed by atoms with van der Waals surface area (Å²) < 4.78 is 0. The zero-order chi connectivity index (χ0) is 9.72. The Hall–Kier alpha value is -0.970. The number of rotatable bonds is 4. The minimum atomic E-state index is -1.39. The molecule has 0 aliphatic carbocycles. The van der Waals surface area contributed by atoms with E-state index in [1.54, 1.807) is 0 Å². The Balaban J connectivity index is 4.80. The van der Waals surface area contributed by atoms with Crippen molar-refractivity contribution in [1.82, 2.24) is 0 Å². The van der Waals surface area contributed by atoms with Gasteiger partial charge < -0.3 is 10.2 Å². The molecule has 0 aromatic heterocycles. The van der Waals surface area contributed by atoms with Crippen LogP contribution in [0.1, 0.15) is 13.8 Å². The van der Waals surface area contributed by atoms with Crippen LogP contribution in [0.25, 0.3) is 0 Å². The average molecular weight is 190 g/mol. The van der Waals surface area contributed by atoms with Crippen LogP contribution < -0.4 is 0 Å². The molecule has 0 fully saturated rings. The number of carbonyl (C=O) groups is 2. The minimum Gasteiger partial charge on any atom is -0.477 e. The number of allylic oxidation sites excluding steroid dienone is 1. The molecular weight excluding hydrogens is 180 g/mol. The van der Waals surface area contributed by atoms with Crippen LogP contribution >= 0.6 is 11.8 Å². The lowest BCUT2D eigenvalue weighted by atomic mass is 10.2. The predicted octanol–water partition coefficient (Wildman–Crippen LogP) is 1.18. The molecule has 0 rings (SSSR count). The lowest BCUT2D eigenvalue weighted by Gasteiger charge is -2.00. The molecule has 0 spiro atoms. The van der Waals surface area contributed by atoms with E-state index in [1.807, 2.05) is 6.92 Å². The number of carboxylic acids is 2. The minimum absolute atomic E-state index is 0.331. The lowest BCUT2D eigenvalue weighted by molar-refractivity contribution is -0.140. The molecule has 2 N–H and O–H groups in total. The van der Waals surface area contributed by atoms with Gasteiger partial charge in [0.15, 0.2) is 5.57 Å². The zero-order valence-corrected chi connectivity index (χ0v) is 7.64. The fourth-order valence-corrected chi connectivity index (χ4v) is 1.43. The van der Waals surface area contributed by atoms with Crippen LogP contribution in [0.5, 0.6) is 0 Å². The van der Waals surface area contributed by atoms with Crippen LogP contribution in [0, 0.1) is 0 Å². The fourth-order valence-electron chi connectivity index (χ4n) is 0.681. The van der Waals surface area contributed by atoms with Crippen LogP contribution in [0.2, 0.25) is 0 Å². The normalized spacial score (nSPS) is 9.17. The summed E-state index contributed by atoms with van der Waals surface area (Å²) in [4.78, 5) is 21.1. The Labute approximate surface area is 74.3 Å². The molecule has 0 bridgehead atoms. The standard InChI is InChI=1S/C7H10O4S/c1-3-12-4(2)5(6(8)9)7(10)11/h3H2,1-2H3,(H,8,9)(H,10,11). The average Bonchev–Trinajstić information content (AvgIpc) is 1.85. The Morgan fingerprint density at radius 2 is 1.67 bits per heavy atom. The molecular formula is C7H10O4S. The van der Waals surface area contributed by atoms with Crippen molar-refractivity contribution in [2.45, 2.75) is 13.8 Å². The van der Waals surface area contributed by atoms with Crippen LogP contribution in [0.4, 0.5) is 0 Å². The molecule has 0 aromatic rings. The van der Waals surface area contributed by atoms with E-state index in [2.05, 4.69) is 0 Å². The summed E-state index contributed by atoms with van der Waals surface area (Å²) in [7, 11) is 0. The first-order chi connectivity index (χ1) is 5.50. The van der Waals surface area contributed by atoms with Crippen molar-refractivity contribution in [3.8, 4) is 0 Å². The predicted molar refractivity (Wildman–Crippen MR) is 46.1 cm³/mol. The van der Waals surface area contributed by atoms with Crippen molar-refractivity contribution in [2.24, 2.45) is 0 Å². The SMILES string of the molecule is CCSC(C)=C(C(=O)O)C(=O)O. The number of hydrogen-bond donors (Lipinski definition) is 2. The highest BCUT2D eigenvalue weighted by Gasteiger charge is 2.19. The van der Waals surface area contributed by atoms with Crippen molar-refractivity contribution < 1.29 is 19.8 Å². The third-order valence-electron chi connectivity index (χ3n) is 1.14. The molecule has 68 valence electrons. The maximum atomic E-state index is 10.4. The maximum Gasteiger partial charge on any atom is 0.343 e. The Kier molecular flexibility index (Phi) is 4.43. The van der Waals surface area contributed by atoms with Crippen molar-refractivity contribution in [2.75, 3.05) is 5.75 Å². The van der Waals surface area contributed by atoms with E-state index in [0.29, 0.717) is 10.7 Å². The zero-order valence-electron chi connectivity index (χ0n) is 6.83. The summed E-state index contributed by atoms with van der Waals surface area (Å²) in [6.07, 6.45) is 0. The Morgan fingerprint density at radius 3 is 1.92 bits per heavy atom. The lowest BCUT2D eigenvalue weighted by Crippen LogP contribution is -2.12. The number of carboxylic acid groups (broad SMARTS) is 2. The van der Waals surface area contributed by atoms with Crippen LogP contribution in [-0.2, 0) is 9.59 Å². The van der Waals surface area contributed by atoms with Crippen molar-refractivity contribution in [3.05, 3.63) is 10.5 Å². The number of thioether (sulfide) groups is 1. The summed E-state index contributed by atoms with van der Waals surface area (Å²) in [5, 5.41) is 17.0. The molecule has 0 aliphatic heterocycles. The number of aliphatic carboxylic acids is 2. The van der Waals surface area contributed by atoms with Gasteiger partial charge in [0.05, 0.1) is 0 Å². The molecule has 0 atom stereocenters. The van der Waals surface area contributed by atoms with Crippen LogP contribution in [0.3, 0.4) is 0 Å². The highest BCUT2D eigenvalue weighted by atomic mass is 32.2. The van der Waals surface area contributed by atoms with Gasteiger partial charge >= 0.3 is 11.9 Å². The highest BCUT2D eigenvalue weighted by Crippen LogP contribution is 2.18. The summed E-state index contributed by atoms with van der Waals surface area (Å²) in [5.41, 5.74) is -0.540. The van der Waals surface area contributed by atoms with E-state index < -0.39 is 17.5 Å². The van der Waals surface area contributed by atoms with E-state index >= 15 is 0 Å². The molecule has 4 nitrogen and oxygen atoms in total. The molecule has 0 aliphatic rings. The summed E-state index contributed by atoms with van der Waals surface area (Å²) in [6.45, 7) is 3.32. The molecule has 0 amide bonds. The second kappa shape index (κ2) is 4.82. The van der Waals surface area contributed by atoms with Gasteiger partial charge in [-0.1, -0.05) is 6.92 Å². The molecule has 0 heterocycles. The summed E-state index contributed by atoms with van der Waals surface area (Å²) in [6, 6.07) is 0. The second-order valence-corrected chi connectivity index (χ2v) is 3.45. The van der Waals surface area contributed by atoms with Crippen molar-refractivity contribution in [3.63, 3.8) is 0 Å². The van der Waals surface area contributed by atoms with E-state index in [9.17, 15) is 9.59 Å². The smallest absolute Gasteiger partial charge is 0.343 e.